The van der Waals surface area contributed by atoms with E-state index in [2.05, 4.69) is 16.0 Å². The molecule has 22 heavy (non-hydrogen) atoms. The second-order valence-electron chi connectivity index (χ2n) is 6.18. The SMILES string of the molecule is O=C1CCc2cc(C(=O)NCCC3CCCNC3)ccc2N1. The average Bonchev–Trinajstić information content (AvgIpc) is 2.55. The maximum atomic E-state index is 12.2. The van der Waals surface area contributed by atoms with Crippen LogP contribution in [-0.2, 0) is 11.2 Å². The van der Waals surface area contributed by atoms with Gasteiger partial charge in [0.15, 0.2) is 0 Å². The van der Waals surface area contributed by atoms with Crippen LogP contribution in [0.15, 0.2) is 18.2 Å². The molecule has 2 amide bonds. The maximum Gasteiger partial charge on any atom is 0.251 e. The lowest BCUT2D eigenvalue weighted by molar-refractivity contribution is -0.116. The van der Waals surface area contributed by atoms with Crippen molar-refractivity contribution >= 4 is 17.5 Å². The molecule has 3 rings (SSSR count). The molecule has 0 saturated carbocycles. The quantitative estimate of drug-likeness (QED) is 0.792. The van der Waals surface area contributed by atoms with E-state index in [0.717, 1.165) is 37.3 Å². The molecule has 2 heterocycles. The van der Waals surface area contributed by atoms with Crippen LogP contribution in [0.4, 0.5) is 5.69 Å². The fourth-order valence-electron chi connectivity index (χ4n) is 3.19. The first-order valence-corrected chi connectivity index (χ1v) is 8.14. The lowest BCUT2D eigenvalue weighted by Gasteiger charge is -2.22. The summed E-state index contributed by atoms with van der Waals surface area (Å²) < 4.78 is 0. The Bertz CT molecular complexity index is 565. The Morgan fingerprint density at radius 1 is 1.32 bits per heavy atom. The van der Waals surface area contributed by atoms with Crippen molar-refractivity contribution in [3.8, 4) is 0 Å². The Kier molecular flexibility index (Phi) is 4.73. The number of fused-ring (bicyclic) bond motifs is 1. The summed E-state index contributed by atoms with van der Waals surface area (Å²) >= 11 is 0. The predicted octanol–water partition coefficient (Wildman–Crippen LogP) is 1.69. The van der Waals surface area contributed by atoms with Crippen molar-refractivity contribution in [3.63, 3.8) is 0 Å². The summed E-state index contributed by atoms with van der Waals surface area (Å²) in [4.78, 5) is 23.6. The van der Waals surface area contributed by atoms with Gasteiger partial charge in [0.25, 0.3) is 5.91 Å². The van der Waals surface area contributed by atoms with Crippen LogP contribution in [0.5, 0.6) is 0 Å². The van der Waals surface area contributed by atoms with Crippen LogP contribution in [0, 0.1) is 5.92 Å². The highest BCUT2D eigenvalue weighted by Crippen LogP contribution is 2.23. The number of nitrogens with one attached hydrogen (secondary N) is 3. The summed E-state index contributed by atoms with van der Waals surface area (Å²) in [5.41, 5.74) is 2.56. The van der Waals surface area contributed by atoms with Gasteiger partial charge in [-0.1, -0.05) is 0 Å². The fourth-order valence-corrected chi connectivity index (χ4v) is 3.19. The summed E-state index contributed by atoms with van der Waals surface area (Å²) in [5, 5.41) is 9.24. The molecular formula is C17H23N3O2. The van der Waals surface area contributed by atoms with E-state index in [1.807, 2.05) is 12.1 Å². The van der Waals surface area contributed by atoms with E-state index in [4.69, 9.17) is 0 Å². The minimum Gasteiger partial charge on any atom is -0.352 e. The molecule has 1 atom stereocenters. The lowest BCUT2D eigenvalue weighted by atomic mass is 9.96. The first-order valence-electron chi connectivity index (χ1n) is 8.14. The van der Waals surface area contributed by atoms with Crippen molar-refractivity contribution in [2.45, 2.75) is 32.1 Å². The second kappa shape index (κ2) is 6.92. The normalized spacial score (nSPS) is 20.9. The van der Waals surface area contributed by atoms with Gasteiger partial charge in [-0.2, -0.15) is 0 Å². The lowest BCUT2D eigenvalue weighted by Crippen LogP contribution is -2.33. The van der Waals surface area contributed by atoms with Gasteiger partial charge < -0.3 is 16.0 Å². The third-order valence-electron chi connectivity index (χ3n) is 4.50. The molecule has 1 aromatic rings. The van der Waals surface area contributed by atoms with Crippen LogP contribution in [-0.4, -0.2) is 31.4 Å². The summed E-state index contributed by atoms with van der Waals surface area (Å²) in [7, 11) is 0. The van der Waals surface area contributed by atoms with E-state index in [9.17, 15) is 9.59 Å². The molecule has 2 aliphatic rings. The summed E-state index contributed by atoms with van der Waals surface area (Å²) in [6.07, 6.45) is 4.71. The van der Waals surface area contributed by atoms with Gasteiger partial charge in [0, 0.05) is 24.2 Å². The van der Waals surface area contributed by atoms with Crippen LogP contribution < -0.4 is 16.0 Å². The van der Waals surface area contributed by atoms with Gasteiger partial charge in [-0.3, -0.25) is 9.59 Å². The smallest absolute Gasteiger partial charge is 0.251 e. The molecule has 5 heteroatoms. The highest BCUT2D eigenvalue weighted by atomic mass is 16.2. The van der Waals surface area contributed by atoms with Crippen LogP contribution in [0.3, 0.4) is 0 Å². The second-order valence-corrected chi connectivity index (χ2v) is 6.18. The first kappa shape index (κ1) is 15.0. The molecule has 0 radical (unpaired) electrons. The van der Waals surface area contributed by atoms with Gasteiger partial charge >= 0.3 is 0 Å². The maximum absolute atomic E-state index is 12.2. The van der Waals surface area contributed by atoms with E-state index < -0.39 is 0 Å². The number of aryl methyl sites for hydroxylation is 1. The fraction of sp³-hybridized carbons (Fsp3) is 0.529. The zero-order valence-corrected chi connectivity index (χ0v) is 12.8. The van der Waals surface area contributed by atoms with Gasteiger partial charge in [0.2, 0.25) is 5.91 Å². The number of benzene rings is 1. The van der Waals surface area contributed by atoms with Crippen LogP contribution in [0.25, 0.3) is 0 Å². The molecule has 118 valence electrons. The van der Waals surface area contributed by atoms with Crippen molar-refractivity contribution < 1.29 is 9.59 Å². The van der Waals surface area contributed by atoms with E-state index in [0.29, 0.717) is 24.3 Å². The molecule has 3 N–H and O–H groups in total. The number of hydrogen-bond acceptors (Lipinski definition) is 3. The average molecular weight is 301 g/mol. The highest BCUT2D eigenvalue weighted by Gasteiger charge is 2.17. The zero-order valence-electron chi connectivity index (χ0n) is 12.8. The molecule has 0 aliphatic carbocycles. The van der Waals surface area contributed by atoms with Gasteiger partial charge in [0.05, 0.1) is 0 Å². The summed E-state index contributed by atoms with van der Waals surface area (Å²) in [6, 6.07) is 5.50. The van der Waals surface area contributed by atoms with Crippen molar-refractivity contribution in [3.05, 3.63) is 29.3 Å². The number of anilines is 1. The monoisotopic (exact) mass is 301 g/mol. The number of piperidine rings is 1. The predicted molar refractivity (Wildman–Crippen MR) is 85.9 cm³/mol. The van der Waals surface area contributed by atoms with E-state index in [-0.39, 0.29) is 11.8 Å². The van der Waals surface area contributed by atoms with Gasteiger partial charge in [0.1, 0.15) is 0 Å². The molecule has 2 aliphatic heterocycles. The van der Waals surface area contributed by atoms with Crippen molar-refractivity contribution in [1.82, 2.24) is 10.6 Å². The number of carbonyl (C=O) groups excluding carboxylic acids is 2. The molecule has 0 spiro atoms. The minimum atomic E-state index is -0.0246. The largest absolute Gasteiger partial charge is 0.352 e. The molecule has 5 nitrogen and oxygen atoms in total. The van der Waals surface area contributed by atoms with Crippen LogP contribution in [0.2, 0.25) is 0 Å². The van der Waals surface area contributed by atoms with E-state index in [1.54, 1.807) is 6.07 Å². The van der Waals surface area contributed by atoms with E-state index >= 15 is 0 Å². The van der Waals surface area contributed by atoms with Gasteiger partial charge in [-0.15, -0.1) is 0 Å². The molecule has 0 bridgehead atoms. The van der Waals surface area contributed by atoms with Gasteiger partial charge in [-0.05, 0) is 68.5 Å². The van der Waals surface area contributed by atoms with Crippen LogP contribution in [0.1, 0.15) is 41.6 Å². The molecular weight excluding hydrogens is 278 g/mol. The molecule has 1 aromatic carbocycles. The molecule has 1 saturated heterocycles. The number of hydrogen-bond donors (Lipinski definition) is 3. The van der Waals surface area contributed by atoms with Crippen molar-refractivity contribution in [2.75, 3.05) is 25.0 Å². The zero-order chi connectivity index (χ0) is 15.4. The summed E-state index contributed by atoms with van der Waals surface area (Å²) in [5.74, 6) is 0.696. The third-order valence-corrected chi connectivity index (χ3v) is 4.50. The Morgan fingerprint density at radius 2 is 2.23 bits per heavy atom. The van der Waals surface area contributed by atoms with Crippen molar-refractivity contribution in [1.29, 1.82) is 0 Å². The highest BCUT2D eigenvalue weighted by molar-refractivity contribution is 5.97. The topological polar surface area (TPSA) is 70.2 Å². The van der Waals surface area contributed by atoms with Crippen LogP contribution >= 0.6 is 0 Å². The first-order chi connectivity index (χ1) is 10.7. The van der Waals surface area contributed by atoms with E-state index in [1.165, 1.54) is 12.8 Å². The minimum absolute atomic E-state index is 0.0246. The van der Waals surface area contributed by atoms with Crippen molar-refractivity contribution in [2.24, 2.45) is 5.92 Å². The van der Waals surface area contributed by atoms with Gasteiger partial charge in [-0.25, -0.2) is 0 Å². The Balaban J connectivity index is 1.52. The molecule has 1 fully saturated rings. The number of rotatable bonds is 4. The molecule has 0 aromatic heterocycles. The Morgan fingerprint density at radius 3 is 3.05 bits per heavy atom. The molecule has 1 unspecified atom stereocenters. The standard InChI is InChI=1S/C17H23N3O2/c21-16-6-4-13-10-14(3-5-15(13)20-16)17(22)19-9-7-12-2-1-8-18-11-12/h3,5,10,12,18H,1-2,4,6-9,11H2,(H,19,22)(H,20,21). The third kappa shape index (κ3) is 3.65. The number of amides is 2. The Labute approximate surface area is 130 Å². The number of carbonyl (C=O) groups is 2. The summed E-state index contributed by atoms with van der Waals surface area (Å²) in [6.45, 7) is 2.90. The Hall–Kier alpha value is -1.88.